The fourth-order valence-electron chi connectivity index (χ4n) is 5.96. The first-order chi connectivity index (χ1) is 20.0. The smallest absolute Gasteiger partial charge is 0.411 e. The van der Waals surface area contributed by atoms with E-state index in [2.05, 4.69) is 21.4 Å². The fourth-order valence-corrected chi connectivity index (χ4v) is 5.96. The van der Waals surface area contributed by atoms with Gasteiger partial charge in [0.1, 0.15) is 17.0 Å². The number of rotatable bonds is 9. The number of aromatic nitrogens is 4. The number of carbonyl (C=O) groups excluding carboxylic acids is 2. The topological polar surface area (TPSA) is 123 Å². The number of Topliss-reactive ketones (excluding diaryl/α,β-unsaturated/α-hetero) is 1. The minimum Gasteiger partial charge on any atom is -0.489 e. The molecular weight excluding hydrogens is 532 g/mol. The summed E-state index contributed by atoms with van der Waals surface area (Å²) in [5.41, 5.74) is 2.46. The molecule has 4 atom stereocenters. The summed E-state index contributed by atoms with van der Waals surface area (Å²) >= 11 is 0. The van der Waals surface area contributed by atoms with Crippen molar-refractivity contribution in [1.82, 2.24) is 24.9 Å². The summed E-state index contributed by atoms with van der Waals surface area (Å²) < 4.78 is 12.9. The van der Waals surface area contributed by atoms with Crippen LogP contribution in [-0.2, 0) is 16.0 Å². The predicted molar refractivity (Wildman–Crippen MR) is 156 cm³/mol. The van der Waals surface area contributed by atoms with E-state index in [1.807, 2.05) is 77.2 Å². The predicted octanol–water partition coefficient (Wildman–Crippen LogP) is 5.55. The van der Waals surface area contributed by atoms with Crippen molar-refractivity contribution in [2.45, 2.75) is 90.5 Å². The zero-order valence-corrected chi connectivity index (χ0v) is 24.9. The van der Waals surface area contributed by atoms with Gasteiger partial charge < -0.3 is 9.47 Å². The van der Waals surface area contributed by atoms with Gasteiger partial charge in [-0.05, 0) is 96.0 Å². The van der Waals surface area contributed by atoms with Gasteiger partial charge >= 0.3 is 6.09 Å². The summed E-state index contributed by atoms with van der Waals surface area (Å²) in [6.45, 7) is 9.41. The van der Waals surface area contributed by atoms with E-state index in [1.165, 1.54) is 0 Å². The lowest BCUT2D eigenvalue weighted by Crippen LogP contribution is -2.51. The van der Waals surface area contributed by atoms with E-state index in [0.717, 1.165) is 30.5 Å². The first-order valence-electron chi connectivity index (χ1n) is 14.6. The molecule has 0 spiro atoms. The number of likely N-dealkylation sites (tertiary alicyclic amines) is 1. The molecule has 3 heterocycles. The molecule has 2 aromatic heterocycles. The van der Waals surface area contributed by atoms with Crippen LogP contribution in [0.3, 0.4) is 0 Å². The SMILES string of the molecule is CC(C)Oc1ccc(-c2cn(-c3ccc(C[C@@H](C#N)CC(=O)[C@@H]4[C@H]5CC[C@H](C5)N4C(=O)OC(C)(C)C)cc3)nn2)nc1. The zero-order chi connectivity index (χ0) is 30.0. The zero-order valence-electron chi connectivity index (χ0n) is 24.9. The molecule has 42 heavy (non-hydrogen) atoms. The average Bonchev–Trinajstić information content (AvgIpc) is 3.69. The van der Waals surface area contributed by atoms with Gasteiger partial charge in [0, 0.05) is 12.5 Å². The lowest BCUT2D eigenvalue weighted by atomic mass is 9.88. The van der Waals surface area contributed by atoms with Crippen LogP contribution < -0.4 is 4.74 Å². The maximum absolute atomic E-state index is 13.5. The molecule has 0 radical (unpaired) electrons. The minimum atomic E-state index is -0.632. The van der Waals surface area contributed by atoms with Crippen LogP contribution in [-0.4, -0.2) is 60.5 Å². The van der Waals surface area contributed by atoms with Gasteiger partial charge in [-0.3, -0.25) is 14.7 Å². The average molecular weight is 571 g/mol. The van der Waals surface area contributed by atoms with Crippen molar-refractivity contribution < 1.29 is 19.1 Å². The highest BCUT2D eigenvalue weighted by atomic mass is 16.6. The second kappa shape index (κ2) is 11.9. The van der Waals surface area contributed by atoms with E-state index in [9.17, 15) is 14.9 Å². The maximum atomic E-state index is 13.5. The van der Waals surface area contributed by atoms with Gasteiger partial charge in [-0.15, -0.1) is 5.10 Å². The Labute approximate surface area is 246 Å². The first-order valence-corrected chi connectivity index (χ1v) is 14.6. The molecule has 1 saturated carbocycles. The summed E-state index contributed by atoms with van der Waals surface area (Å²) in [5, 5.41) is 18.4. The Morgan fingerprint density at radius 2 is 1.86 bits per heavy atom. The van der Waals surface area contributed by atoms with Gasteiger partial charge in [-0.2, -0.15) is 5.26 Å². The van der Waals surface area contributed by atoms with Gasteiger partial charge in [0.2, 0.25) is 0 Å². The number of piperidine rings is 1. The summed E-state index contributed by atoms with van der Waals surface area (Å²) in [4.78, 5) is 32.5. The number of carbonyl (C=O) groups is 2. The number of nitriles is 1. The van der Waals surface area contributed by atoms with Crippen LogP contribution in [0.1, 0.15) is 65.9 Å². The van der Waals surface area contributed by atoms with Gasteiger partial charge in [0.15, 0.2) is 5.78 Å². The number of ketones is 1. The Hall–Kier alpha value is -4.26. The summed E-state index contributed by atoms with van der Waals surface area (Å²) in [6.07, 6.45) is 6.31. The monoisotopic (exact) mass is 570 g/mol. The van der Waals surface area contributed by atoms with E-state index < -0.39 is 23.7 Å². The number of benzene rings is 1. The third-order valence-electron chi connectivity index (χ3n) is 7.70. The van der Waals surface area contributed by atoms with Crippen molar-refractivity contribution in [3.05, 3.63) is 54.4 Å². The molecule has 0 N–H and O–H groups in total. The molecular formula is C32H38N6O4. The summed E-state index contributed by atoms with van der Waals surface area (Å²) in [5.74, 6) is 0.297. The number of hydrogen-bond acceptors (Lipinski definition) is 8. The lowest BCUT2D eigenvalue weighted by molar-refractivity contribution is -0.126. The highest BCUT2D eigenvalue weighted by molar-refractivity contribution is 5.89. The Morgan fingerprint density at radius 1 is 1.10 bits per heavy atom. The van der Waals surface area contributed by atoms with Gasteiger partial charge in [-0.25, -0.2) is 9.48 Å². The molecule has 10 nitrogen and oxygen atoms in total. The van der Waals surface area contributed by atoms with Crippen LogP contribution in [0.15, 0.2) is 48.8 Å². The largest absolute Gasteiger partial charge is 0.489 e. The van der Waals surface area contributed by atoms with E-state index >= 15 is 0 Å². The number of hydrogen-bond donors (Lipinski definition) is 0. The molecule has 220 valence electrons. The van der Waals surface area contributed by atoms with Crippen molar-refractivity contribution in [3.8, 4) is 28.9 Å². The third-order valence-corrected chi connectivity index (χ3v) is 7.70. The molecule has 0 unspecified atom stereocenters. The number of nitrogens with zero attached hydrogens (tertiary/aromatic N) is 6. The quantitative estimate of drug-likeness (QED) is 0.328. The Morgan fingerprint density at radius 3 is 2.50 bits per heavy atom. The molecule has 5 rings (SSSR count). The van der Waals surface area contributed by atoms with Crippen molar-refractivity contribution in [3.63, 3.8) is 0 Å². The normalized spacial score (nSPS) is 20.4. The standard InChI is InChI=1S/C32H38N6O4/c1-20(2)41-26-12-13-27(34-18-26)28-19-37(36-35-28)24-9-6-21(7-10-24)14-22(17-33)15-29(39)30-23-8-11-25(16-23)38(30)31(40)42-32(3,4)5/h6-7,9-10,12-13,18-20,22-23,25,30H,8,11,14-16H2,1-5H3/t22-,23+,25-,30+/m1/s1. The third kappa shape index (κ3) is 6.62. The first kappa shape index (κ1) is 29.2. The minimum absolute atomic E-state index is 0.0400. The van der Waals surface area contributed by atoms with Crippen LogP contribution in [0.4, 0.5) is 4.79 Å². The van der Waals surface area contributed by atoms with Crippen LogP contribution in [0.2, 0.25) is 0 Å². The van der Waals surface area contributed by atoms with Crippen LogP contribution in [0.25, 0.3) is 17.1 Å². The number of amides is 1. The van der Waals surface area contributed by atoms with Crippen molar-refractivity contribution in [2.24, 2.45) is 11.8 Å². The van der Waals surface area contributed by atoms with Crippen LogP contribution in [0.5, 0.6) is 5.75 Å². The Bertz CT molecular complexity index is 1450. The van der Waals surface area contributed by atoms with Gasteiger partial charge in [0.05, 0.1) is 47.9 Å². The van der Waals surface area contributed by atoms with Crippen LogP contribution >= 0.6 is 0 Å². The molecule has 10 heteroatoms. The van der Waals surface area contributed by atoms with E-state index in [-0.39, 0.29) is 30.3 Å². The van der Waals surface area contributed by atoms with E-state index in [0.29, 0.717) is 23.6 Å². The molecule has 2 bridgehead atoms. The second-order valence-corrected chi connectivity index (χ2v) is 12.5. The highest BCUT2D eigenvalue weighted by Crippen LogP contribution is 2.44. The van der Waals surface area contributed by atoms with Crippen molar-refractivity contribution in [1.29, 1.82) is 5.26 Å². The van der Waals surface area contributed by atoms with Crippen molar-refractivity contribution >= 4 is 11.9 Å². The molecule has 1 amide bonds. The summed E-state index contributed by atoms with van der Waals surface area (Å²) in [7, 11) is 0. The Balaban J connectivity index is 1.21. The van der Waals surface area contributed by atoms with Crippen LogP contribution in [0, 0.1) is 23.2 Å². The molecule has 3 aromatic rings. The van der Waals surface area contributed by atoms with Gasteiger partial charge in [0.25, 0.3) is 0 Å². The highest BCUT2D eigenvalue weighted by Gasteiger charge is 2.52. The molecule has 1 saturated heterocycles. The number of ether oxygens (including phenoxy) is 2. The molecule has 1 aromatic carbocycles. The number of fused-ring (bicyclic) bond motifs is 2. The molecule has 2 aliphatic rings. The molecule has 2 fully saturated rings. The maximum Gasteiger partial charge on any atom is 0.411 e. The van der Waals surface area contributed by atoms with E-state index in [4.69, 9.17) is 9.47 Å². The van der Waals surface area contributed by atoms with E-state index in [1.54, 1.807) is 15.8 Å². The Kier molecular flexibility index (Phi) is 8.30. The molecule has 1 aliphatic heterocycles. The lowest BCUT2D eigenvalue weighted by Gasteiger charge is -2.35. The fraction of sp³-hybridized carbons (Fsp3) is 0.500. The van der Waals surface area contributed by atoms with Crippen molar-refractivity contribution in [2.75, 3.05) is 0 Å². The second-order valence-electron chi connectivity index (χ2n) is 12.5. The molecule has 1 aliphatic carbocycles. The summed E-state index contributed by atoms with van der Waals surface area (Å²) in [6, 6.07) is 13.3. The number of pyridine rings is 1. The van der Waals surface area contributed by atoms with Gasteiger partial charge in [-0.1, -0.05) is 17.3 Å².